The Balaban J connectivity index is 1.76. The van der Waals surface area contributed by atoms with Crippen LogP contribution in [-0.2, 0) is 34.6 Å². The number of nitrogens with one attached hydrogen (secondary N) is 1. The summed E-state index contributed by atoms with van der Waals surface area (Å²) in [6.45, 7) is 6.13. The van der Waals surface area contributed by atoms with E-state index in [2.05, 4.69) is 10.4 Å². The first kappa shape index (κ1) is 19.7. The molecule has 1 atom stereocenters. The number of carbonyl (C=O) groups excluding carboxylic acids is 2. The number of hydrogen-bond acceptors (Lipinski definition) is 6. The first-order valence-corrected chi connectivity index (χ1v) is 10.8. The van der Waals surface area contributed by atoms with E-state index in [-0.39, 0.29) is 24.0 Å². The van der Waals surface area contributed by atoms with Crippen molar-refractivity contribution < 1.29 is 22.7 Å². The van der Waals surface area contributed by atoms with Crippen molar-refractivity contribution in [3.05, 3.63) is 17.0 Å². The Kier molecular flexibility index (Phi) is 4.96. The van der Waals surface area contributed by atoms with Gasteiger partial charge in [-0.15, -0.1) is 0 Å². The lowest BCUT2D eigenvalue weighted by atomic mass is 10.0. The standard InChI is InChI=1S/C17H26N4O5S/c1-17(2,3)26-16(23)21-7-5-13-12(9-21)14(20(4)19-13)15(22)18-11-6-8-27(24,25)10-11/h11H,5-10H2,1-4H3,(H,18,22). The van der Waals surface area contributed by atoms with Gasteiger partial charge in [-0.25, -0.2) is 13.2 Å². The lowest BCUT2D eigenvalue weighted by molar-refractivity contribution is 0.0222. The zero-order chi connectivity index (χ0) is 20.0. The molecule has 10 heteroatoms. The third-order valence-electron chi connectivity index (χ3n) is 4.63. The van der Waals surface area contributed by atoms with Crippen LogP contribution >= 0.6 is 0 Å². The molecular weight excluding hydrogens is 372 g/mol. The molecular formula is C17H26N4O5S. The summed E-state index contributed by atoms with van der Waals surface area (Å²) >= 11 is 0. The maximum absolute atomic E-state index is 12.8. The van der Waals surface area contributed by atoms with Crippen LogP contribution in [0.15, 0.2) is 0 Å². The molecule has 150 valence electrons. The number of aromatic nitrogens is 2. The highest BCUT2D eigenvalue weighted by Gasteiger charge is 2.34. The number of hydrogen-bond donors (Lipinski definition) is 1. The van der Waals surface area contributed by atoms with Gasteiger partial charge in [-0.05, 0) is 27.2 Å². The minimum Gasteiger partial charge on any atom is -0.444 e. The molecule has 1 fully saturated rings. The highest BCUT2D eigenvalue weighted by atomic mass is 32.2. The van der Waals surface area contributed by atoms with E-state index in [1.165, 1.54) is 4.68 Å². The van der Waals surface area contributed by atoms with Gasteiger partial charge in [0.1, 0.15) is 11.3 Å². The Morgan fingerprint density at radius 1 is 1.30 bits per heavy atom. The highest BCUT2D eigenvalue weighted by molar-refractivity contribution is 7.91. The molecule has 1 aromatic heterocycles. The van der Waals surface area contributed by atoms with Crippen LogP contribution in [0.5, 0.6) is 0 Å². The van der Waals surface area contributed by atoms with Gasteiger partial charge in [-0.3, -0.25) is 9.48 Å². The third-order valence-corrected chi connectivity index (χ3v) is 6.40. The van der Waals surface area contributed by atoms with Crippen LogP contribution in [0.2, 0.25) is 0 Å². The van der Waals surface area contributed by atoms with Crippen LogP contribution in [0.25, 0.3) is 0 Å². The molecule has 0 saturated carbocycles. The molecule has 2 amide bonds. The lowest BCUT2D eigenvalue weighted by Crippen LogP contribution is -2.41. The van der Waals surface area contributed by atoms with Crippen LogP contribution in [-0.4, -0.2) is 64.8 Å². The molecule has 1 unspecified atom stereocenters. The molecule has 0 radical (unpaired) electrons. The molecule has 3 rings (SSSR count). The topological polar surface area (TPSA) is 111 Å². The van der Waals surface area contributed by atoms with Crippen molar-refractivity contribution in [2.75, 3.05) is 18.1 Å². The summed E-state index contributed by atoms with van der Waals surface area (Å²) in [5.41, 5.74) is 1.23. The predicted molar refractivity (Wildman–Crippen MR) is 98.1 cm³/mol. The van der Waals surface area contributed by atoms with Gasteiger partial charge in [0.2, 0.25) is 0 Å². The fraction of sp³-hybridized carbons (Fsp3) is 0.706. The van der Waals surface area contributed by atoms with Crippen molar-refractivity contribution in [3.8, 4) is 0 Å². The summed E-state index contributed by atoms with van der Waals surface area (Å²) in [4.78, 5) is 26.7. The van der Waals surface area contributed by atoms with Crippen molar-refractivity contribution in [1.82, 2.24) is 20.0 Å². The number of ether oxygens (including phenoxy) is 1. The summed E-state index contributed by atoms with van der Waals surface area (Å²) in [5, 5.41) is 7.20. The second-order valence-electron chi connectivity index (χ2n) is 8.12. The number of fused-ring (bicyclic) bond motifs is 1. The van der Waals surface area contributed by atoms with Gasteiger partial charge < -0.3 is 15.0 Å². The van der Waals surface area contributed by atoms with E-state index in [0.717, 1.165) is 5.69 Å². The van der Waals surface area contributed by atoms with Crippen molar-refractivity contribution in [2.24, 2.45) is 7.05 Å². The van der Waals surface area contributed by atoms with E-state index in [4.69, 9.17) is 4.74 Å². The maximum Gasteiger partial charge on any atom is 0.410 e. The van der Waals surface area contributed by atoms with Crippen molar-refractivity contribution in [3.63, 3.8) is 0 Å². The second kappa shape index (κ2) is 6.81. The van der Waals surface area contributed by atoms with Gasteiger partial charge in [0.05, 0.1) is 23.7 Å². The molecule has 1 saturated heterocycles. The monoisotopic (exact) mass is 398 g/mol. The minimum absolute atomic E-state index is 0.0389. The van der Waals surface area contributed by atoms with E-state index in [0.29, 0.717) is 30.6 Å². The average Bonchev–Trinajstić information content (AvgIpc) is 3.02. The molecule has 1 aromatic rings. The number of sulfone groups is 1. The minimum atomic E-state index is -3.08. The summed E-state index contributed by atoms with van der Waals surface area (Å²) in [7, 11) is -1.40. The van der Waals surface area contributed by atoms with Crippen molar-refractivity contribution in [2.45, 2.75) is 51.8 Å². The van der Waals surface area contributed by atoms with Gasteiger partial charge in [0.25, 0.3) is 5.91 Å². The molecule has 2 aliphatic heterocycles. The number of amides is 2. The number of carbonyl (C=O) groups is 2. The van der Waals surface area contributed by atoms with Crippen LogP contribution in [0.3, 0.4) is 0 Å². The van der Waals surface area contributed by atoms with E-state index >= 15 is 0 Å². The van der Waals surface area contributed by atoms with Crippen LogP contribution in [0, 0.1) is 0 Å². The fourth-order valence-electron chi connectivity index (χ4n) is 3.43. The number of rotatable bonds is 2. The lowest BCUT2D eigenvalue weighted by Gasteiger charge is -2.30. The predicted octanol–water partition coefficient (Wildman–Crippen LogP) is 0.630. The second-order valence-corrected chi connectivity index (χ2v) is 10.4. The molecule has 0 aromatic carbocycles. The van der Waals surface area contributed by atoms with Crippen molar-refractivity contribution >= 4 is 21.8 Å². The SMILES string of the molecule is Cn1nc2c(c1C(=O)NC1CCS(=O)(=O)C1)CN(C(=O)OC(C)(C)C)CC2. The Morgan fingerprint density at radius 2 is 2.00 bits per heavy atom. The third kappa shape index (κ3) is 4.42. The largest absolute Gasteiger partial charge is 0.444 e. The van der Waals surface area contributed by atoms with Crippen LogP contribution < -0.4 is 5.32 Å². The summed E-state index contributed by atoms with van der Waals surface area (Å²) < 4.78 is 30.2. The molecule has 27 heavy (non-hydrogen) atoms. The zero-order valence-corrected chi connectivity index (χ0v) is 16.9. The smallest absolute Gasteiger partial charge is 0.410 e. The van der Waals surface area contributed by atoms with Crippen LogP contribution in [0.1, 0.15) is 48.9 Å². The van der Waals surface area contributed by atoms with Crippen molar-refractivity contribution in [1.29, 1.82) is 0 Å². The summed E-state index contributed by atoms with van der Waals surface area (Å²) in [6.07, 6.45) is 0.524. The first-order chi connectivity index (χ1) is 12.5. The van der Waals surface area contributed by atoms with E-state index in [1.807, 2.05) is 0 Å². The molecule has 9 nitrogen and oxygen atoms in total. The normalized spacial score (nSPS) is 21.6. The Morgan fingerprint density at radius 3 is 2.59 bits per heavy atom. The van der Waals surface area contributed by atoms with Gasteiger partial charge >= 0.3 is 6.09 Å². The Hall–Kier alpha value is -2.10. The molecule has 0 aliphatic carbocycles. The molecule has 3 heterocycles. The first-order valence-electron chi connectivity index (χ1n) is 8.99. The van der Waals surface area contributed by atoms with Gasteiger partial charge in [-0.2, -0.15) is 5.10 Å². The molecule has 1 N–H and O–H groups in total. The van der Waals surface area contributed by atoms with E-state index in [1.54, 1.807) is 32.7 Å². The highest BCUT2D eigenvalue weighted by Crippen LogP contribution is 2.24. The van der Waals surface area contributed by atoms with Gasteiger partial charge in [0.15, 0.2) is 9.84 Å². The van der Waals surface area contributed by atoms with E-state index in [9.17, 15) is 18.0 Å². The quantitative estimate of drug-likeness (QED) is 0.782. The number of aryl methyl sites for hydroxylation is 1. The van der Waals surface area contributed by atoms with E-state index < -0.39 is 27.6 Å². The van der Waals surface area contributed by atoms with Crippen LogP contribution in [0.4, 0.5) is 4.79 Å². The number of nitrogens with zero attached hydrogens (tertiary/aromatic N) is 3. The Bertz CT molecular complexity index is 869. The Labute approximate surface area is 159 Å². The average molecular weight is 398 g/mol. The molecule has 0 spiro atoms. The summed E-state index contributed by atoms with van der Waals surface area (Å²) in [6, 6.07) is -0.390. The maximum atomic E-state index is 12.8. The fourth-order valence-corrected chi connectivity index (χ4v) is 5.10. The summed E-state index contributed by atoms with van der Waals surface area (Å²) in [5.74, 6) is -0.309. The van der Waals surface area contributed by atoms with Gasteiger partial charge in [-0.1, -0.05) is 0 Å². The molecule has 0 bridgehead atoms. The molecule has 2 aliphatic rings. The zero-order valence-electron chi connectivity index (χ0n) is 16.1. The van der Waals surface area contributed by atoms with Gasteiger partial charge in [0, 0.05) is 31.6 Å².